The predicted molar refractivity (Wildman–Crippen MR) is 28.5 cm³/mol. The third-order valence-corrected chi connectivity index (χ3v) is 0.514. The smallest absolute Gasteiger partial charge is 0.480 e. The molecule has 0 spiro atoms. The fraction of sp³-hybridized carbons (Fsp3) is 0.667. The molecule has 1 atom stereocenters. The third kappa shape index (κ3) is 4.80. The molecule has 0 aromatic carbocycles. The largest absolute Gasteiger partial charge is 2.00 e. The van der Waals surface area contributed by atoms with Gasteiger partial charge in [-0.05, 0) is 0 Å². The molecule has 0 saturated carbocycles. The molecular weight excluding hydrogens is 138 g/mol. The minimum absolute atomic E-state index is 0. The van der Waals surface area contributed by atoms with E-state index in [-0.39, 0.29) is 37.7 Å². The van der Waals surface area contributed by atoms with E-state index in [1.54, 1.807) is 0 Å². The number of carboxylic acids is 1. The molecule has 0 aromatic heterocycles. The molecule has 0 amide bonds. The van der Waals surface area contributed by atoms with Gasteiger partial charge in [-0.2, -0.15) is 0 Å². The molecule has 0 bridgehead atoms. The molecular formula is C3H7CaNO3+2. The molecule has 4 nitrogen and oxygen atoms in total. The molecule has 0 rings (SSSR count). The van der Waals surface area contributed by atoms with Gasteiger partial charge in [-0.25, -0.2) is 0 Å². The van der Waals surface area contributed by atoms with E-state index >= 15 is 0 Å². The average molecular weight is 145 g/mol. The van der Waals surface area contributed by atoms with E-state index in [2.05, 4.69) is 0 Å². The molecule has 0 fully saturated rings. The van der Waals surface area contributed by atoms with Gasteiger partial charge >= 0.3 is 43.7 Å². The van der Waals surface area contributed by atoms with Crippen LogP contribution in [0.5, 0.6) is 0 Å². The number of rotatable bonds is 2. The van der Waals surface area contributed by atoms with Crippen LogP contribution in [-0.4, -0.2) is 66.6 Å². The summed E-state index contributed by atoms with van der Waals surface area (Å²) in [6.07, 6.45) is 0. The van der Waals surface area contributed by atoms with Gasteiger partial charge < -0.3 is 15.9 Å². The Labute approximate surface area is 76.7 Å². The zero-order valence-electron chi connectivity index (χ0n) is 4.37. The second-order valence-electron chi connectivity index (χ2n) is 1.13. The number of aliphatic carboxylic acids is 1. The van der Waals surface area contributed by atoms with Crippen LogP contribution in [0.3, 0.4) is 0 Å². The predicted octanol–water partition coefficient (Wildman–Crippen LogP) is -1.99. The Morgan fingerprint density at radius 3 is 2.12 bits per heavy atom. The van der Waals surface area contributed by atoms with Crippen molar-refractivity contribution in [2.24, 2.45) is 5.73 Å². The van der Waals surface area contributed by atoms with E-state index in [0.29, 0.717) is 0 Å². The quantitative estimate of drug-likeness (QED) is 0.393. The number of aliphatic hydroxyl groups excluding tert-OH is 1. The van der Waals surface area contributed by atoms with E-state index in [4.69, 9.17) is 15.9 Å². The first-order valence-corrected chi connectivity index (χ1v) is 1.77. The minimum Gasteiger partial charge on any atom is -0.480 e. The van der Waals surface area contributed by atoms with Crippen molar-refractivity contribution in [2.75, 3.05) is 6.61 Å². The Hall–Kier alpha value is 0.650. The molecule has 0 aliphatic carbocycles. The fourth-order valence-electron chi connectivity index (χ4n) is 0.0781. The molecule has 0 aliphatic heterocycles. The van der Waals surface area contributed by atoms with Crippen molar-refractivity contribution < 1.29 is 15.0 Å². The Morgan fingerprint density at radius 1 is 1.75 bits per heavy atom. The van der Waals surface area contributed by atoms with E-state index in [1.165, 1.54) is 0 Å². The first-order chi connectivity index (χ1) is 3.18. The Balaban J connectivity index is 0. The molecule has 0 aliphatic rings. The van der Waals surface area contributed by atoms with Crippen molar-refractivity contribution in [3.05, 3.63) is 0 Å². The van der Waals surface area contributed by atoms with Gasteiger partial charge in [0.25, 0.3) is 0 Å². The standard InChI is InChI=1S/C3H7NO3.Ca/c4-2(1-5)3(6)7;/h2,5H,1,4H2,(H,6,7);/q;+2. The topological polar surface area (TPSA) is 83.5 Å². The summed E-state index contributed by atoms with van der Waals surface area (Å²) in [6.45, 7) is -0.505. The van der Waals surface area contributed by atoms with E-state index < -0.39 is 18.6 Å². The van der Waals surface area contributed by atoms with Crippen molar-refractivity contribution in [1.29, 1.82) is 0 Å². The normalized spacial score (nSPS) is 11.8. The van der Waals surface area contributed by atoms with Crippen LogP contribution in [0.4, 0.5) is 0 Å². The van der Waals surface area contributed by atoms with Gasteiger partial charge in [-0.3, -0.25) is 4.79 Å². The molecule has 1 unspecified atom stereocenters. The molecule has 5 heteroatoms. The second kappa shape index (κ2) is 5.78. The molecule has 0 heterocycles. The number of hydrogen-bond donors (Lipinski definition) is 3. The first-order valence-electron chi connectivity index (χ1n) is 1.77. The molecule has 42 valence electrons. The molecule has 8 heavy (non-hydrogen) atoms. The van der Waals surface area contributed by atoms with Crippen LogP contribution < -0.4 is 5.73 Å². The van der Waals surface area contributed by atoms with Crippen LogP contribution in [0.25, 0.3) is 0 Å². The summed E-state index contributed by atoms with van der Waals surface area (Å²) in [7, 11) is 0. The van der Waals surface area contributed by atoms with Crippen molar-refractivity contribution in [2.45, 2.75) is 6.04 Å². The number of hydrogen-bond acceptors (Lipinski definition) is 3. The van der Waals surface area contributed by atoms with Crippen LogP contribution in [0.15, 0.2) is 0 Å². The SMILES string of the molecule is NC(CO)C(=O)O.[Ca+2]. The summed E-state index contributed by atoms with van der Waals surface area (Å²) < 4.78 is 0. The Bertz CT molecular complexity index is 76.9. The Morgan fingerprint density at radius 2 is 2.12 bits per heavy atom. The van der Waals surface area contributed by atoms with Crippen molar-refractivity contribution in [3.8, 4) is 0 Å². The monoisotopic (exact) mass is 145 g/mol. The molecule has 4 N–H and O–H groups in total. The van der Waals surface area contributed by atoms with Crippen molar-refractivity contribution in [1.82, 2.24) is 0 Å². The third-order valence-electron chi connectivity index (χ3n) is 0.514. The van der Waals surface area contributed by atoms with Crippen LogP contribution in [0.2, 0.25) is 0 Å². The van der Waals surface area contributed by atoms with Crippen LogP contribution >= 0.6 is 0 Å². The van der Waals surface area contributed by atoms with Gasteiger partial charge in [0.2, 0.25) is 0 Å². The van der Waals surface area contributed by atoms with E-state index in [9.17, 15) is 4.79 Å². The summed E-state index contributed by atoms with van der Waals surface area (Å²) in [5, 5.41) is 15.9. The van der Waals surface area contributed by atoms with Gasteiger partial charge in [-0.1, -0.05) is 0 Å². The van der Waals surface area contributed by atoms with Gasteiger partial charge in [0, 0.05) is 0 Å². The van der Waals surface area contributed by atoms with Crippen LogP contribution in [0, 0.1) is 0 Å². The van der Waals surface area contributed by atoms with Crippen molar-refractivity contribution in [3.63, 3.8) is 0 Å². The number of carboxylic acid groups (broad SMARTS) is 1. The molecule has 0 saturated heterocycles. The maximum Gasteiger partial charge on any atom is 2.00 e. The zero-order chi connectivity index (χ0) is 5.86. The van der Waals surface area contributed by atoms with Gasteiger partial charge in [-0.15, -0.1) is 0 Å². The number of carbonyl (C=O) groups is 1. The summed E-state index contributed by atoms with van der Waals surface area (Å²) >= 11 is 0. The second-order valence-corrected chi connectivity index (χ2v) is 1.13. The van der Waals surface area contributed by atoms with Gasteiger partial charge in [0.05, 0.1) is 6.61 Å². The van der Waals surface area contributed by atoms with Gasteiger partial charge in [0.1, 0.15) is 6.04 Å². The fourth-order valence-corrected chi connectivity index (χ4v) is 0.0781. The minimum atomic E-state index is -1.18. The van der Waals surface area contributed by atoms with Gasteiger partial charge in [0.15, 0.2) is 0 Å². The summed E-state index contributed by atoms with van der Waals surface area (Å²) in [5.41, 5.74) is 4.77. The summed E-state index contributed by atoms with van der Waals surface area (Å²) in [6, 6.07) is -1.13. The Kier molecular flexibility index (Phi) is 8.27. The average Bonchev–Trinajstić information content (AvgIpc) is 1.65. The van der Waals surface area contributed by atoms with E-state index in [0.717, 1.165) is 0 Å². The first kappa shape index (κ1) is 11.4. The maximum atomic E-state index is 9.65. The number of nitrogens with two attached hydrogens (primary N) is 1. The number of aliphatic hydroxyl groups is 1. The summed E-state index contributed by atoms with van der Waals surface area (Å²) in [5.74, 6) is -1.18. The van der Waals surface area contributed by atoms with Crippen LogP contribution in [0.1, 0.15) is 0 Å². The van der Waals surface area contributed by atoms with Crippen molar-refractivity contribution >= 4 is 43.7 Å². The van der Waals surface area contributed by atoms with E-state index in [1.807, 2.05) is 0 Å². The van der Waals surface area contributed by atoms with Crippen LogP contribution in [-0.2, 0) is 4.79 Å². The molecule has 0 aromatic rings. The maximum absolute atomic E-state index is 9.65. The zero-order valence-corrected chi connectivity index (χ0v) is 6.58. The molecule has 0 radical (unpaired) electrons. The summed E-state index contributed by atoms with van der Waals surface area (Å²) in [4.78, 5) is 9.65.